The SMILES string of the molecule is c1ccc(-c2nc(-c3cccc([Si](c4ccccc4)(c4ccccc4)c4ccccc4)c3)cc(-n3c4ccccc4c4ccc5c(c6ccccc6n5-c5ccccc5)c43)n2)cc1. The third kappa shape index (κ3) is 5.89. The maximum Gasteiger partial charge on any atom is 0.179 e. The maximum absolute atomic E-state index is 5.49. The van der Waals surface area contributed by atoms with Crippen molar-refractivity contribution in [3.8, 4) is 34.2 Å². The summed E-state index contributed by atoms with van der Waals surface area (Å²) in [6.07, 6.45) is 0. The average molecular weight is 821 g/mol. The predicted octanol–water partition coefficient (Wildman–Crippen LogP) is 11.4. The molecule has 0 N–H and O–H groups in total. The Morgan fingerprint density at radius 2 is 0.841 bits per heavy atom. The van der Waals surface area contributed by atoms with E-state index in [0.717, 1.165) is 50.4 Å². The van der Waals surface area contributed by atoms with Crippen LogP contribution in [-0.2, 0) is 0 Å². The van der Waals surface area contributed by atoms with Crippen LogP contribution in [0.5, 0.6) is 0 Å². The molecule has 0 saturated carbocycles. The second-order valence-electron chi connectivity index (χ2n) is 16.1. The van der Waals surface area contributed by atoms with Crippen molar-refractivity contribution in [2.75, 3.05) is 0 Å². The Balaban J connectivity index is 1.16. The van der Waals surface area contributed by atoms with E-state index in [4.69, 9.17) is 9.97 Å². The van der Waals surface area contributed by atoms with Crippen LogP contribution in [0.4, 0.5) is 0 Å². The molecule has 0 atom stereocenters. The first-order valence-corrected chi connectivity index (χ1v) is 23.5. The van der Waals surface area contributed by atoms with Gasteiger partial charge in [-0.2, -0.15) is 0 Å². The third-order valence-electron chi connectivity index (χ3n) is 12.7. The van der Waals surface area contributed by atoms with Crippen molar-refractivity contribution in [2.24, 2.45) is 0 Å². The van der Waals surface area contributed by atoms with E-state index in [1.807, 2.05) is 6.07 Å². The number of nitrogens with zero attached hydrogens (tertiary/aromatic N) is 4. The number of hydrogen-bond donors (Lipinski definition) is 0. The summed E-state index contributed by atoms with van der Waals surface area (Å²) in [4.78, 5) is 10.9. The van der Waals surface area contributed by atoms with E-state index in [1.165, 1.54) is 42.3 Å². The van der Waals surface area contributed by atoms with Gasteiger partial charge in [-0.25, -0.2) is 9.97 Å². The minimum atomic E-state index is -2.81. The highest BCUT2D eigenvalue weighted by molar-refractivity contribution is 7.19. The van der Waals surface area contributed by atoms with Crippen LogP contribution in [0.2, 0.25) is 0 Å². The van der Waals surface area contributed by atoms with E-state index >= 15 is 0 Å². The lowest BCUT2D eigenvalue weighted by Gasteiger charge is -2.34. The van der Waals surface area contributed by atoms with Crippen LogP contribution in [-0.4, -0.2) is 27.2 Å². The minimum absolute atomic E-state index is 0.677. The molecule has 0 amide bonds. The quantitative estimate of drug-likeness (QED) is 0.113. The monoisotopic (exact) mass is 820 g/mol. The van der Waals surface area contributed by atoms with E-state index in [-0.39, 0.29) is 0 Å². The van der Waals surface area contributed by atoms with Crippen molar-refractivity contribution in [2.45, 2.75) is 0 Å². The molecule has 12 rings (SSSR count). The second kappa shape index (κ2) is 15.1. The van der Waals surface area contributed by atoms with Gasteiger partial charge in [0, 0.05) is 44.4 Å². The standard InChI is InChI=1S/C58H40N4Si/c1-6-21-41(22-7-1)58-59-51(42-23-20-32-47(39-42)63(44-26-10-3-11-27-44,45-28-12-4-13-29-45)46-30-14-5-15-31-46)40-55(60-58)62-52-35-18-16-33-48(52)49-37-38-54-56(57(49)62)50-34-17-19-36-53(50)61(54)43-24-8-2-9-25-43/h1-40H. The van der Waals surface area contributed by atoms with Gasteiger partial charge in [0.05, 0.1) is 27.8 Å². The molecule has 12 aromatic rings. The lowest BCUT2D eigenvalue weighted by atomic mass is 10.1. The number of aromatic nitrogens is 4. The fourth-order valence-electron chi connectivity index (χ4n) is 9.99. The Bertz CT molecular complexity index is 3500. The number of para-hydroxylation sites is 3. The van der Waals surface area contributed by atoms with E-state index < -0.39 is 8.07 Å². The van der Waals surface area contributed by atoms with Crippen molar-refractivity contribution in [1.82, 2.24) is 19.1 Å². The molecular formula is C58H40N4Si. The van der Waals surface area contributed by atoms with Crippen LogP contribution < -0.4 is 20.7 Å². The average Bonchev–Trinajstić information content (AvgIpc) is 3.89. The summed E-state index contributed by atoms with van der Waals surface area (Å²) in [5.41, 5.74) is 8.53. The van der Waals surface area contributed by atoms with Crippen LogP contribution in [0.15, 0.2) is 243 Å². The highest BCUT2D eigenvalue weighted by Crippen LogP contribution is 2.42. The van der Waals surface area contributed by atoms with Crippen molar-refractivity contribution in [3.63, 3.8) is 0 Å². The molecule has 63 heavy (non-hydrogen) atoms. The molecule has 296 valence electrons. The van der Waals surface area contributed by atoms with E-state index in [9.17, 15) is 0 Å². The van der Waals surface area contributed by atoms with Crippen LogP contribution in [0.1, 0.15) is 0 Å². The van der Waals surface area contributed by atoms with Crippen molar-refractivity contribution in [3.05, 3.63) is 243 Å². The largest absolute Gasteiger partial charge is 0.309 e. The molecule has 0 fully saturated rings. The van der Waals surface area contributed by atoms with Gasteiger partial charge >= 0.3 is 0 Å². The zero-order chi connectivity index (χ0) is 41.7. The van der Waals surface area contributed by atoms with Gasteiger partial charge in [-0.15, -0.1) is 0 Å². The highest BCUT2D eigenvalue weighted by Gasteiger charge is 2.41. The Labute approximate surface area is 366 Å². The molecule has 3 heterocycles. The van der Waals surface area contributed by atoms with E-state index in [0.29, 0.717) is 5.82 Å². The summed E-state index contributed by atoms with van der Waals surface area (Å²) < 4.78 is 4.77. The fourth-order valence-corrected chi connectivity index (χ4v) is 14.8. The van der Waals surface area contributed by atoms with Gasteiger partial charge in [-0.3, -0.25) is 4.57 Å². The molecule has 9 aromatic carbocycles. The Morgan fingerprint density at radius 3 is 1.48 bits per heavy atom. The Morgan fingerprint density at radius 1 is 0.333 bits per heavy atom. The summed E-state index contributed by atoms with van der Waals surface area (Å²) in [7, 11) is -2.81. The van der Waals surface area contributed by atoms with Crippen molar-refractivity contribution >= 4 is 72.4 Å². The van der Waals surface area contributed by atoms with Crippen LogP contribution in [0.3, 0.4) is 0 Å². The molecular weight excluding hydrogens is 781 g/mol. The fraction of sp³-hybridized carbons (Fsp3) is 0. The smallest absolute Gasteiger partial charge is 0.179 e. The van der Waals surface area contributed by atoms with Gasteiger partial charge in [0.25, 0.3) is 0 Å². The normalized spacial score (nSPS) is 11.8. The van der Waals surface area contributed by atoms with Crippen LogP contribution >= 0.6 is 0 Å². The van der Waals surface area contributed by atoms with Crippen molar-refractivity contribution in [1.29, 1.82) is 0 Å². The summed E-state index contributed by atoms with van der Waals surface area (Å²) >= 11 is 0. The minimum Gasteiger partial charge on any atom is -0.309 e. The zero-order valence-electron chi connectivity index (χ0n) is 34.4. The topological polar surface area (TPSA) is 35.6 Å². The molecule has 0 unspecified atom stereocenters. The number of hydrogen-bond acceptors (Lipinski definition) is 2. The molecule has 4 nitrogen and oxygen atoms in total. The molecule has 0 bridgehead atoms. The first kappa shape index (κ1) is 36.7. The molecule has 0 spiro atoms. The van der Waals surface area contributed by atoms with Gasteiger partial charge < -0.3 is 4.57 Å². The molecule has 5 heteroatoms. The Hall–Kier alpha value is -8.12. The maximum atomic E-state index is 5.49. The summed E-state index contributed by atoms with van der Waals surface area (Å²) in [5.74, 6) is 1.49. The zero-order valence-corrected chi connectivity index (χ0v) is 35.4. The van der Waals surface area contributed by atoms with Gasteiger partial charge in [-0.1, -0.05) is 206 Å². The van der Waals surface area contributed by atoms with E-state index in [2.05, 4.69) is 246 Å². The van der Waals surface area contributed by atoms with Gasteiger partial charge in [0.2, 0.25) is 0 Å². The van der Waals surface area contributed by atoms with Gasteiger partial charge in [-0.05, 0) is 51.1 Å². The van der Waals surface area contributed by atoms with Crippen LogP contribution in [0.25, 0.3) is 77.8 Å². The Kier molecular flexibility index (Phi) is 8.80. The summed E-state index contributed by atoms with van der Waals surface area (Å²) in [6, 6.07) is 87.8. The van der Waals surface area contributed by atoms with E-state index in [1.54, 1.807) is 0 Å². The van der Waals surface area contributed by atoms with Gasteiger partial charge in [0.1, 0.15) is 5.82 Å². The van der Waals surface area contributed by atoms with Crippen LogP contribution in [0, 0.1) is 0 Å². The van der Waals surface area contributed by atoms with Crippen molar-refractivity contribution < 1.29 is 0 Å². The molecule has 0 radical (unpaired) electrons. The first-order chi connectivity index (χ1) is 31.3. The lowest BCUT2D eigenvalue weighted by molar-refractivity contribution is 1.05. The first-order valence-electron chi connectivity index (χ1n) is 21.5. The number of rotatable bonds is 8. The van der Waals surface area contributed by atoms with Gasteiger partial charge in [0.15, 0.2) is 13.9 Å². The summed E-state index contributed by atoms with van der Waals surface area (Å²) in [5, 5.41) is 10.0. The number of benzene rings is 9. The predicted molar refractivity (Wildman–Crippen MR) is 265 cm³/mol. The molecule has 0 aliphatic heterocycles. The molecule has 0 aliphatic rings. The molecule has 0 aliphatic carbocycles. The molecule has 0 saturated heterocycles. The lowest BCUT2D eigenvalue weighted by Crippen LogP contribution is -2.74. The number of fused-ring (bicyclic) bond motifs is 7. The molecule has 3 aromatic heterocycles. The third-order valence-corrected chi connectivity index (χ3v) is 17.4. The highest BCUT2D eigenvalue weighted by atomic mass is 28.3. The second-order valence-corrected chi connectivity index (χ2v) is 19.9. The summed E-state index contributed by atoms with van der Waals surface area (Å²) in [6.45, 7) is 0.